The van der Waals surface area contributed by atoms with Crippen LogP contribution in [0.15, 0.2) is 22.1 Å². The largest absolute Gasteiger partial charge is 0.490 e. The summed E-state index contributed by atoms with van der Waals surface area (Å²) in [5, 5.41) is 5.12. The predicted octanol–water partition coefficient (Wildman–Crippen LogP) is 7.27. The minimum absolute atomic E-state index is 0.135. The average molecular weight is 919 g/mol. The van der Waals surface area contributed by atoms with Crippen LogP contribution in [0.2, 0.25) is 0 Å². The smallest absolute Gasteiger partial charge is 0.435 e. The Morgan fingerprint density at radius 3 is 1.63 bits per heavy atom. The normalized spacial score (nSPS) is 12.7. The van der Waals surface area contributed by atoms with Crippen molar-refractivity contribution in [2.24, 2.45) is 9.98 Å². The third-order valence-corrected chi connectivity index (χ3v) is 6.88. The third kappa shape index (κ3) is 23.6. The number of nitrogens with one attached hydrogen (secondary N) is 2. The quantitative estimate of drug-likeness (QED) is 0.0602. The Kier molecular flexibility index (Phi) is 19.7. The molecular weight excluding hydrogens is 866 g/mol. The van der Waals surface area contributed by atoms with Gasteiger partial charge in [-0.3, -0.25) is 15.6 Å². The number of alkyl carbamates (subject to hydrolysis) is 2. The second kappa shape index (κ2) is 21.7. The number of carbonyl (C=O) groups is 3. The number of hydrogen-bond donors (Lipinski definition) is 2. The number of rotatable bonds is 15. The summed E-state index contributed by atoms with van der Waals surface area (Å²) in [5.41, 5.74) is -2.00. The van der Waals surface area contributed by atoms with Gasteiger partial charge in [-0.1, -0.05) is 0 Å². The molecule has 0 aromatic heterocycles. The van der Waals surface area contributed by atoms with E-state index in [1.807, 2.05) is 12.1 Å². The highest BCUT2D eigenvalue weighted by Gasteiger charge is 2.20. The Morgan fingerprint density at radius 1 is 0.673 bits per heavy atom. The van der Waals surface area contributed by atoms with E-state index >= 15 is 0 Å². The molecule has 0 aliphatic rings. The monoisotopic (exact) mass is 918 g/mol. The van der Waals surface area contributed by atoms with E-state index < -0.39 is 35.1 Å². The molecule has 1 aromatic carbocycles. The first-order chi connectivity index (χ1) is 22.6. The van der Waals surface area contributed by atoms with Crippen molar-refractivity contribution in [2.45, 2.75) is 98.9 Å². The van der Waals surface area contributed by atoms with Crippen LogP contribution in [-0.4, -0.2) is 92.9 Å². The van der Waals surface area contributed by atoms with E-state index in [0.717, 1.165) is 12.9 Å². The fourth-order valence-electron chi connectivity index (χ4n) is 3.43. The van der Waals surface area contributed by atoms with Crippen molar-refractivity contribution < 1.29 is 47.5 Å². The van der Waals surface area contributed by atoms with E-state index in [2.05, 4.69) is 65.8 Å². The first-order valence-electron chi connectivity index (χ1n) is 15.9. The van der Waals surface area contributed by atoms with Crippen LogP contribution in [-0.2, 0) is 23.7 Å². The lowest BCUT2D eigenvalue weighted by Crippen LogP contribution is -2.37. The second-order valence-corrected chi connectivity index (χ2v) is 15.8. The fourth-order valence-corrected chi connectivity index (χ4v) is 4.62. The van der Waals surface area contributed by atoms with Crippen molar-refractivity contribution >= 4 is 75.1 Å². The van der Waals surface area contributed by atoms with Crippen LogP contribution in [0, 0.1) is 7.14 Å². The topological polar surface area (TPSA) is 165 Å². The summed E-state index contributed by atoms with van der Waals surface area (Å²) in [6.07, 6.45) is -1.30. The Hall–Kier alpha value is -2.45. The maximum Gasteiger partial charge on any atom is 0.435 e. The average Bonchev–Trinajstić information content (AvgIpc) is 2.90. The number of carbonyl (C=O) groups excluding carboxylic acids is 3. The van der Waals surface area contributed by atoms with Gasteiger partial charge in [-0.2, -0.15) is 4.99 Å². The van der Waals surface area contributed by atoms with Gasteiger partial charge in [-0.15, -0.1) is 0 Å². The van der Waals surface area contributed by atoms with E-state index in [-0.39, 0.29) is 12.3 Å². The highest BCUT2D eigenvalue weighted by molar-refractivity contribution is 14.1. The summed E-state index contributed by atoms with van der Waals surface area (Å²) in [5.74, 6) is 2.02. The molecule has 2 N–H and O–H groups in total. The van der Waals surface area contributed by atoms with Gasteiger partial charge in [0.2, 0.25) is 0 Å². The molecule has 1 rings (SSSR count). The molecule has 0 aliphatic heterocycles. The lowest BCUT2D eigenvalue weighted by Gasteiger charge is -2.20. The maximum absolute atomic E-state index is 12.2. The highest BCUT2D eigenvalue weighted by atomic mass is 127. The summed E-state index contributed by atoms with van der Waals surface area (Å²) >= 11 is 4.38. The molecule has 0 radical (unpaired) electrons. The molecule has 0 saturated carbocycles. The molecule has 0 fully saturated rings. The van der Waals surface area contributed by atoms with Gasteiger partial charge in [0, 0.05) is 13.0 Å². The molecule has 0 heterocycles. The summed E-state index contributed by atoms with van der Waals surface area (Å²) in [4.78, 5) is 44.4. The van der Waals surface area contributed by atoms with Crippen molar-refractivity contribution in [1.29, 1.82) is 0 Å². The molecule has 0 bridgehead atoms. The van der Waals surface area contributed by atoms with Gasteiger partial charge in [0.25, 0.3) is 0 Å². The van der Waals surface area contributed by atoms with Crippen LogP contribution in [0.3, 0.4) is 0 Å². The number of benzene rings is 1. The zero-order chi connectivity index (χ0) is 37.3. The Bertz CT molecular complexity index is 1290. The van der Waals surface area contributed by atoms with Gasteiger partial charge in [0.05, 0.1) is 33.5 Å². The number of aliphatic imine (C=N–C) groups is 2. The van der Waals surface area contributed by atoms with Crippen molar-refractivity contribution in [3.8, 4) is 11.5 Å². The van der Waals surface area contributed by atoms with E-state index in [1.54, 1.807) is 69.2 Å². The zero-order valence-electron chi connectivity index (χ0n) is 30.3. The van der Waals surface area contributed by atoms with Crippen molar-refractivity contribution in [3.05, 3.63) is 19.3 Å². The molecule has 1 aromatic rings. The Labute approximate surface area is 317 Å². The number of hydrogen-bond acceptors (Lipinski definition) is 11. The Balaban J connectivity index is 2.42. The van der Waals surface area contributed by atoms with Crippen molar-refractivity contribution in [1.82, 2.24) is 10.6 Å². The summed E-state index contributed by atoms with van der Waals surface area (Å²) < 4.78 is 40.6. The molecule has 278 valence electrons. The lowest BCUT2D eigenvalue weighted by atomic mass is 10.2. The summed E-state index contributed by atoms with van der Waals surface area (Å²) in [6.45, 7) is 20.0. The van der Waals surface area contributed by atoms with Crippen molar-refractivity contribution in [2.75, 3.05) is 46.2 Å². The molecule has 0 saturated heterocycles. The predicted molar refractivity (Wildman–Crippen MR) is 204 cm³/mol. The number of amidine groups is 2. The minimum atomic E-state index is -0.801. The molecule has 0 unspecified atom stereocenters. The number of halogens is 2. The van der Waals surface area contributed by atoms with Gasteiger partial charge in [-0.25, -0.2) is 14.4 Å². The van der Waals surface area contributed by atoms with Gasteiger partial charge in [0.1, 0.15) is 53.2 Å². The first kappa shape index (κ1) is 44.6. The second-order valence-electron chi connectivity index (χ2n) is 13.5. The highest BCUT2D eigenvalue weighted by Crippen LogP contribution is 2.31. The third-order valence-electron chi connectivity index (χ3n) is 5.19. The lowest BCUT2D eigenvalue weighted by molar-refractivity contribution is 0.0547. The Morgan fingerprint density at radius 2 is 1.14 bits per heavy atom. The number of nitrogens with zero attached hydrogens (tertiary/aromatic N) is 2. The number of amides is 3. The molecule has 49 heavy (non-hydrogen) atoms. The standard InChI is InChI=1S/C33H52I2N4O10/c1-22(37-28(40)47-31(2,3)4)36-13-15-44-17-19-46-26-21-23(34)25(20-24(26)35)45-18-16-43-14-11-12-27(38-29(41)48-32(5,6)7)39-30(42)49-33(8,9)10/h20-21H,11-19H2,1-10H3,(H,36,37,40)(H,38,39,41,42). The maximum atomic E-state index is 12.2. The van der Waals surface area contributed by atoms with Crippen LogP contribution < -0.4 is 20.1 Å². The molecule has 0 atom stereocenters. The SMILES string of the molecule is CC(=NCCOCCOc1cc(I)c(OCCOCCCC(=NC(=O)OC(C)(C)C)NC(=O)OC(C)(C)C)cc1I)NC(=O)OC(C)(C)C. The minimum Gasteiger partial charge on any atom is -0.490 e. The van der Waals surface area contributed by atoms with Gasteiger partial charge >= 0.3 is 18.3 Å². The van der Waals surface area contributed by atoms with Crippen LogP contribution in [0.4, 0.5) is 14.4 Å². The van der Waals surface area contributed by atoms with E-state index in [9.17, 15) is 14.4 Å². The van der Waals surface area contributed by atoms with Gasteiger partial charge in [0.15, 0.2) is 0 Å². The van der Waals surface area contributed by atoms with Crippen LogP contribution in [0.5, 0.6) is 11.5 Å². The zero-order valence-corrected chi connectivity index (χ0v) is 34.6. The van der Waals surface area contributed by atoms with Gasteiger partial charge < -0.3 is 33.2 Å². The number of ether oxygens (including phenoxy) is 7. The molecule has 3 amide bonds. The molecule has 14 nitrogen and oxygen atoms in total. The van der Waals surface area contributed by atoms with Crippen LogP contribution in [0.1, 0.15) is 82.1 Å². The summed E-state index contributed by atoms with van der Waals surface area (Å²) in [6, 6.07) is 3.80. The first-order valence-corrected chi connectivity index (χ1v) is 18.0. The molecular formula is C33H52I2N4O10. The fraction of sp³-hybridized carbons (Fsp3) is 0.667. The van der Waals surface area contributed by atoms with Crippen LogP contribution >= 0.6 is 45.2 Å². The van der Waals surface area contributed by atoms with Crippen molar-refractivity contribution in [3.63, 3.8) is 0 Å². The van der Waals surface area contributed by atoms with E-state index in [0.29, 0.717) is 64.2 Å². The van der Waals surface area contributed by atoms with E-state index in [4.69, 9.17) is 33.2 Å². The molecule has 0 aliphatic carbocycles. The van der Waals surface area contributed by atoms with E-state index in [1.165, 1.54) is 0 Å². The molecule has 0 spiro atoms. The molecule has 16 heteroatoms. The van der Waals surface area contributed by atoms with Gasteiger partial charge in [-0.05, 0) is 133 Å². The summed E-state index contributed by atoms with van der Waals surface area (Å²) in [7, 11) is 0. The van der Waals surface area contributed by atoms with Crippen LogP contribution in [0.25, 0.3) is 0 Å².